The molecule has 0 radical (unpaired) electrons. The summed E-state index contributed by atoms with van der Waals surface area (Å²) >= 11 is 0. The summed E-state index contributed by atoms with van der Waals surface area (Å²) in [5.74, 6) is 0. The maximum atomic E-state index is 8.55. The summed E-state index contributed by atoms with van der Waals surface area (Å²) in [6.07, 6.45) is 4.07. The van der Waals surface area contributed by atoms with Crippen LogP contribution in [0.25, 0.3) is 0 Å². The van der Waals surface area contributed by atoms with Crippen molar-refractivity contribution in [1.29, 1.82) is 5.26 Å². The highest BCUT2D eigenvalue weighted by molar-refractivity contribution is 6.03. The van der Waals surface area contributed by atoms with Gasteiger partial charge in [-0.25, -0.2) is 0 Å². The normalized spacial score (nSPS) is 19.7. The van der Waals surface area contributed by atoms with Crippen molar-refractivity contribution < 1.29 is 0 Å². The van der Waals surface area contributed by atoms with Crippen LogP contribution in [-0.4, -0.2) is 5.71 Å². The maximum absolute atomic E-state index is 8.55. The minimum absolute atomic E-state index is 0.565. The Balaban J connectivity index is 2.39. The van der Waals surface area contributed by atoms with E-state index in [0.717, 1.165) is 11.4 Å². The highest BCUT2D eigenvalue weighted by Gasteiger charge is 2.16. The lowest BCUT2D eigenvalue weighted by atomic mass is 10.0. The molecule has 2 aliphatic rings. The van der Waals surface area contributed by atoms with Crippen LogP contribution in [0.5, 0.6) is 0 Å². The molecule has 11 heavy (non-hydrogen) atoms. The van der Waals surface area contributed by atoms with E-state index >= 15 is 0 Å². The van der Waals surface area contributed by atoms with Gasteiger partial charge in [0.15, 0.2) is 0 Å². The second-order valence-corrected chi connectivity index (χ2v) is 2.27. The third-order valence-corrected chi connectivity index (χ3v) is 1.56. The second-order valence-electron chi connectivity index (χ2n) is 2.27. The molecule has 52 valence electrons. The summed E-state index contributed by atoms with van der Waals surface area (Å²) in [5, 5.41) is 19.6. The Hall–Kier alpha value is -1.76. The van der Waals surface area contributed by atoms with Gasteiger partial charge in [-0.3, -0.25) is 0 Å². The third kappa shape index (κ3) is 0.867. The molecule has 0 bridgehead atoms. The molecule has 1 aliphatic heterocycles. The van der Waals surface area contributed by atoms with E-state index in [9.17, 15) is 0 Å². The Morgan fingerprint density at radius 3 is 3.18 bits per heavy atom. The van der Waals surface area contributed by atoms with Crippen LogP contribution in [0.3, 0.4) is 0 Å². The minimum atomic E-state index is 0.565. The summed E-state index contributed by atoms with van der Waals surface area (Å²) in [6.45, 7) is 0. The smallest absolute Gasteiger partial charge is 0.111 e. The minimum Gasteiger partial charge on any atom is -0.193 e. The Morgan fingerprint density at radius 1 is 1.45 bits per heavy atom. The third-order valence-electron chi connectivity index (χ3n) is 1.56. The molecule has 0 atom stereocenters. The second kappa shape index (κ2) is 2.13. The highest BCUT2D eigenvalue weighted by Crippen LogP contribution is 2.20. The SMILES string of the molecule is N#CC1=CC=C2N=NN=C2C1. The van der Waals surface area contributed by atoms with Crippen molar-refractivity contribution in [3.63, 3.8) is 0 Å². The van der Waals surface area contributed by atoms with Gasteiger partial charge in [-0.2, -0.15) is 5.26 Å². The van der Waals surface area contributed by atoms with Crippen LogP contribution in [0.15, 0.2) is 38.9 Å². The Bertz CT molecular complexity index is 351. The van der Waals surface area contributed by atoms with E-state index in [1.54, 1.807) is 12.2 Å². The molecule has 4 heteroatoms. The number of rotatable bonds is 0. The predicted molar refractivity (Wildman–Crippen MR) is 38.7 cm³/mol. The first-order valence-electron chi connectivity index (χ1n) is 3.19. The monoisotopic (exact) mass is 144 g/mol. The summed E-state index contributed by atoms with van der Waals surface area (Å²) in [6, 6.07) is 2.07. The Kier molecular flexibility index (Phi) is 1.16. The molecule has 4 nitrogen and oxygen atoms in total. The number of nitrogens with zero attached hydrogens (tertiary/aromatic N) is 4. The molecule has 0 aromatic rings. The van der Waals surface area contributed by atoms with E-state index in [2.05, 4.69) is 21.5 Å². The van der Waals surface area contributed by atoms with Crippen LogP contribution in [-0.2, 0) is 0 Å². The Labute approximate surface area is 63.2 Å². The average molecular weight is 144 g/mol. The molecule has 0 N–H and O–H groups in total. The first-order valence-corrected chi connectivity index (χ1v) is 3.19. The van der Waals surface area contributed by atoms with E-state index in [0.29, 0.717) is 12.0 Å². The van der Waals surface area contributed by atoms with Crippen molar-refractivity contribution in [3.8, 4) is 6.07 Å². The van der Waals surface area contributed by atoms with Crippen LogP contribution in [0.4, 0.5) is 0 Å². The van der Waals surface area contributed by atoms with Crippen LogP contribution in [0, 0.1) is 11.3 Å². The molecule has 0 spiro atoms. The Morgan fingerprint density at radius 2 is 2.36 bits per heavy atom. The largest absolute Gasteiger partial charge is 0.193 e. The van der Waals surface area contributed by atoms with Crippen molar-refractivity contribution in [2.45, 2.75) is 6.42 Å². The number of hydrogen-bond acceptors (Lipinski definition) is 4. The maximum Gasteiger partial charge on any atom is 0.111 e. The molecule has 0 unspecified atom stereocenters. The standard InChI is InChI=1S/C7H4N4/c8-4-5-1-2-6-7(3-5)10-11-9-6/h1-2H,3H2. The molecule has 0 fully saturated rings. The lowest BCUT2D eigenvalue weighted by molar-refractivity contribution is 1.09. The van der Waals surface area contributed by atoms with Gasteiger partial charge in [-0.05, 0) is 17.4 Å². The van der Waals surface area contributed by atoms with Crippen molar-refractivity contribution >= 4 is 5.71 Å². The molecular weight excluding hydrogens is 140 g/mol. The van der Waals surface area contributed by atoms with Gasteiger partial charge < -0.3 is 0 Å². The van der Waals surface area contributed by atoms with Crippen LogP contribution in [0.2, 0.25) is 0 Å². The lowest BCUT2D eigenvalue weighted by Crippen LogP contribution is -2.02. The van der Waals surface area contributed by atoms with Gasteiger partial charge >= 0.3 is 0 Å². The fraction of sp³-hybridized carbons (Fsp3) is 0.143. The molecule has 0 amide bonds. The lowest BCUT2D eigenvalue weighted by Gasteiger charge is -2.02. The van der Waals surface area contributed by atoms with Gasteiger partial charge in [0, 0.05) is 12.0 Å². The number of hydrogen-bond donors (Lipinski definition) is 0. The van der Waals surface area contributed by atoms with Crippen molar-refractivity contribution in [2.24, 2.45) is 15.4 Å². The van der Waals surface area contributed by atoms with Gasteiger partial charge in [-0.1, -0.05) is 0 Å². The number of fused-ring (bicyclic) bond motifs is 1. The van der Waals surface area contributed by atoms with E-state index in [1.807, 2.05) is 0 Å². The van der Waals surface area contributed by atoms with Gasteiger partial charge in [0.2, 0.25) is 0 Å². The first kappa shape index (κ1) is 5.98. The number of nitriles is 1. The number of allylic oxidation sites excluding steroid dienone is 4. The molecule has 0 aromatic carbocycles. The van der Waals surface area contributed by atoms with Gasteiger partial charge in [0.05, 0.1) is 11.8 Å². The fourth-order valence-electron chi connectivity index (χ4n) is 0.985. The zero-order valence-electron chi connectivity index (χ0n) is 5.65. The molecule has 1 heterocycles. The van der Waals surface area contributed by atoms with E-state index in [4.69, 9.17) is 5.26 Å². The summed E-state index contributed by atoms with van der Waals surface area (Å²) in [7, 11) is 0. The van der Waals surface area contributed by atoms with E-state index in [1.165, 1.54) is 0 Å². The molecule has 1 aliphatic carbocycles. The predicted octanol–water partition coefficient (Wildman–Crippen LogP) is 1.55. The zero-order chi connectivity index (χ0) is 7.68. The summed E-state index contributed by atoms with van der Waals surface area (Å²) in [5.41, 5.74) is 2.29. The topological polar surface area (TPSA) is 60.9 Å². The molecule has 0 saturated heterocycles. The average Bonchev–Trinajstić information content (AvgIpc) is 2.50. The van der Waals surface area contributed by atoms with Crippen LogP contribution < -0.4 is 0 Å². The van der Waals surface area contributed by atoms with Crippen molar-refractivity contribution in [2.75, 3.05) is 0 Å². The fourth-order valence-corrected chi connectivity index (χ4v) is 0.985. The molecule has 0 aromatic heterocycles. The van der Waals surface area contributed by atoms with E-state index < -0.39 is 0 Å². The molecule has 0 saturated carbocycles. The van der Waals surface area contributed by atoms with Gasteiger partial charge in [0.1, 0.15) is 5.70 Å². The van der Waals surface area contributed by atoms with Gasteiger partial charge in [-0.15, -0.1) is 10.2 Å². The quantitative estimate of drug-likeness (QED) is 0.508. The summed E-state index contributed by atoms with van der Waals surface area (Å²) in [4.78, 5) is 0. The van der Waals surface area contributed by atoms with E-state index in [-0.39, 0.29) is 0 Å². The molecular formula is C7H4N4. The first-order chi connectivity index (χ1) is 5.40. The summed E-state index contributed by atoms with van der Waals surface area (Å²) < 4.78 is 0. The van der Waals surface area contributed by atoms with Crippen molar-refractivity contribution in [3.05, 3.63) is 23.4 Å². The van der Waals surface area contributed by atoms with Crippen LogP contribution >= 0.6 is 0 Å². The highest BCUT2D eigenvalue weighted by atomic mass is 15.4. The zero-order valence-corrected chi connectivity index (χ0v) is 5.65. The van der Waals surface area contributed by atoms with Crippen molar-refractivity contribution in [1.82, 2.24) is 0 Å². The van der Waals surface area contributed by atoms with Gasteiger partial charge in [0.25, 0.3) is 0 Å². The molecule has 2 rings (SSSR count). The van der Waals surface area contributed by atoms with Crippen LogP contribution in [0.1, 0.15) is 6.42 Å².